The van der Waals surface area contributed by atoms with E-state index in [0.717, 1.165) is 6.07 Å². The number of amides is 1. The Morgan fingerprint density at radius 2 is 1.71 bits per heavy atom. The SMILES string of the molecule is CC1=C(C(=O)OC(C)(C)C)C(c2ccccc2F)CC(=O)N1Cc1cccc(F)c1F. The first-order chi connectivity index (χ1) is 14.5. The molecule has 7 heteroatoms. The van der Waals surface area contributed by atoms with E-state index in [4.69, 9.17) is 4.74 Å². The van der Waals surface area contributed by atoms with Gasteiger partial charge in [0.15, 0.2) is 11.6 Å². The summed E-state index contributed by atoms with van der Waals surface area (Å²) < 4.78 is 47.9. The highest BCUT2D eigenvalue weighted by Gasteiger charge is 2.39. The normalized spacial score (nSPS) is 17.2. The Bertz CT molecular complexity index is 1060. The van der Waals surface area contributed by atoms with Gasteiger partial charge in [-0.1, -0.05) is 30.3 Å². The molecule has 3 rings (SSSR count). The van der Waals surface area contributed by atoms with Crippen LogP contribution in [0, 0.1) is 17.5 Å². The lowest BCUT2D eigenvalue weighted by Gasteiger charge is -2.35. The van der Waals surface area contributed by atoms with Crippen LogP contribution in [0.3, 0.4) is 0 Å². The molecule has 164 valence electrons. The number of halogens is 3. The summed E-state index contributed by atoms with van der Waals surface area (Å²) in [5.41, 5.74) is -0.294. The summed E-state index contributed by atoms with van der Waals surface area (Å²) in [4.78, 5) is 27.2. The second-order valence-electron chi connectivity index (χ2n) is 8.47. The molecular formula is C24H24F3NO3. The van der Waals surface area contributed by atoms with Crippen molar-refractivity contribution in [2.45, 2.75) is 52.2 Å². The minimum absolute atomic E-state index is 0.0272. The monoisotopic (exact) mass is 431 g/mol. The van der Waals surface area contributed by atoms with E-state index in [1.165, 1.54) is 42.2 Å². The van der Waals surface area contributed by atoms with Gasteiger partial charge in [-0.05, 0) is 45.4 Å². The molecule has 2 aromatic carbocycles. The van der Waals surface area contributed by atoms with Crippen molar-refractivity contribution in [3.8, 4) is 0 Å². The highest BCUT2D eigenvalue weighted by Crippen LogP contribution is 2.39. The van der Waals surface area contributed by atoms with Crippen molar-refractivity contribution < 1.29 is 27.5 Å². The van der Waals surface area contributed by atoms with E-state index in [1.807, 2.05) is 0 Å². The van der Waals surface area contributed by atoms with E-state index < -0.39 is 40.8 Å². The molecule has 0 N–H and O–H groups in total. The predicted molar refractivity (Wildman–Crippen MR) is 109 cm³/mol. The molecule has 0 bridgehead atoms. The van der Waals surface area contributed by atoms with Gasteiger partial charge >= 0.3 is 5.97 Å². The van der Waals surface area contributed by atoms with Crippen LogP contribution in [0.4, 0.5) is 13.2 Å². The second-order valence-corrected chi connectivity index (χ2v) is 8.47. The predicted octanol–water partition coefficient (Wildman–Crippen LogP) is 5.24. The van der Waals surface area contributed by atoms with Gasteiger partial charge in [-0.3, -0.25) is 4.79 Å². The lowest BCUT2D eigenvalue weighted by atomic mass is 9.83. The third kappa shape index (κ3) is 4.81. The first kappa shape index (κ1) is 22.6. The van der Waals surface area contributed by atoms with E-state index in [2.05, 4.69) is 0 Å². The van der Waals surface area contributed by atoms with Crippen molar-refractivity contribution in [2.24, 2.45) is 0 Å². The lowest BCUT2D eigenvalue weighted by Crippen LogP contribution is -2.39. The molecule has 0 radical (unpaired) electrons. The maximum atomic E-state index is 14.6. The Hall–Kier alpha value is -3.09. The lowest BCUT2D eigenvalue weighted by molar-refractivity contribution is -0.150. The number of benzene rings is 2. The minimum atomic E-state index is -1.06. The quantitative estimate of drug-likeness (QED) is 0.623. The van der Waals surface area contributed by atoms with Crippen molar-refractivity contribution in [3.05, 3.63) is 82.3 Å². The minimum Gasteiger partial charge on any atom is -0.457 e. The largest absolute Gasteiger partial charge is 0.457 e. The summed E-state index contributed by atoms with van der Waals surface area (Å²) in [5, 5.41) is 0. The molecule has 0 fully saturated rings. The van der Waals surface area contributed by atoms with Crippen LogP contribution in [0.1, 0.15) is 51.2 Å². The molecule has 1 atom stereocenters. The fourth-order valence-electron chi connectivity index (χ4n) is 3.67. The third-order valence-electron chi connectivity index (χ3n) is 5.08. The summed E-state index contributed by atoms with van der Waals surface area (Å²) in [5.74, 6) is -4.59. The van der Waals surface area contributed by atoms with Crippen LogP contribution in [-0.4, -0.2) is 22.4 Å². The van der Waals surface area contributed by atoms with Crippen LogP contribution in [0.15, 0.2) is 53.7 Å². The number of hydrogen-bond donors (Lipinski definition) is 0. The van der Waals surface area contributed by atoms with E-state index in [9.17, 15) is 22.8 Å². The number of allylic oxidation sites excluding steroid dienone is 1. The first-order valence-corrected chi connectivity index (χ1v) is 9.91. The van der Waals surface area contributed by atoms with Crippen LogP contribution in [-0.2, 0) is 20.9 Å². The summed E-state index contributed by atoms with van der Waals surface area (Å²) in [6, 6.07) is 9.63. The highest BCUT2D eigenvalue weighted by atomic mass is 19.2. The average Bonchev–Trinajstić information content (AvgIpc) is 2.66. The first-order valence-electron chi connectivity index (χ1n) is 9.91. The van der Waals surface area contributed by atoms with Crippen molar-refractivity contribution >= 4 is 11.9 Å². The molecule has 4 nitrogen and oxygen atoms in total. The molecule has 0 saturated heterocycles. The molecule has 1 aliphatic heterocycles. The number of nitrogens with zero attached hydrogens (tertiary/aromatic N) is 1. The molecule has 0 aliphatic carbocycles. The summed E-state index contributed by atoms with van der Waals surface area (Å²) in [6.45, 7) is 6.37. The Morgan fingerprint density at radius 1 is 1.06 bits per heavy atom. The molecule has 1 unspecified atom stereocenters. The Balaban J connectivity index is 2.10. The fourth-order valence-corrected chi connectivity index (χ4v) is 3.67. The second kappa shape index (κ2) is 8.57. The van der Waals surface area contributed by atoms with Crippen molar-refractivity contribution in [3.63, 3.8) is 0 Å². The third-order valence-corrected chi connectivity index (χ3v) is 5.08. The van der Waals surface area contributed by atoms with Gasteiger partial charge in [0, 0.05) is 23.6 Å². The van der Waals surface area contributed by atoms with Crippen molar-refractivity contribution in [1.29, 1.82) is 0 Å². The molecule has 0 aromatic heterocycles. The van der Waals surface area contributed by atoms with Gasteiger partial charge in [0.05, 0.1) is 12.1 Å². The molecule has 1 aliphatic rings. The zero-order valence-electron chi connectivity index (χ0n) is 17.8. The van der Waals surface area contributed by atoms with Gasteiger partial charge in [-0.15, -0.1) is 0 Å². The molecule has 0 saturated carbocycles. The molecule has 2 aromatic rings. The van der Waals surface area contributed by atoms with Gasteiger partial charge < -0.3 is 9.64 Å². The van der Waals surface area contributed by atoms with Gasteiger partial charge in [0.2, 0.25) is 5.91 Å². The Labute approximate surface area is 179 Å². The number of ether oxygens (including phenoxy) is 1. The number of hydrogen-bond acceptors (Lipinski definition) is 3. The van der Waals surface area contributed by atoms with Gasteiger partial charge in [-0.25, -0.2) is 18.0 Å². The molecule has 1 amide bonds. The van der Waals surface area contributed by atoms with Crippen LogP contribution in [0.2, 0.25) is 0 Å². The Morgan fingerprint density at radius 3 is 2.35 bits per heavy atom. The standard InChI is InChI=1S/C24H24F3NO3/c1-14-21(23(30)31-24(2,3)4)17(16-9-5-6-10-18(16)25)12-20(29)28(14)13-15-8-7-11-19(26)22(15)27/h5-11,17H,12-13H2,1-4H3. The van der Waals surface area contributed by atoms with E-state index in [0.29, 0.717) is 0 Å². The molecule has 0 spiro atoms. The number of rotatable bonds is 4. The van der Waals surface area contributed by atoms with E-state index in [-0.39, 0.29) is 35.4 Å². The summed E-state index contributed by atoms with van der Waals surface area (Å²) >= 11 is 0. The smallest absolute Gasteiger partial charge is 0.336 e. The fraction of sp³-hybridized carbons (Fsp3) is 0.333. The zero-order valence-corrected chi connectivity index (χ0v) is 17.8. The topological polar surface area (TPSA) is 46.6 Å². The van der Waals surface area contributed by atoms with Crippen molar-refractivity contribution in [1.82, 2.24) is 4.90 Å². The maximum Gasteiger partial charge on any atom is 0.336 e. The molecular weight excluding hydrogens is 407 g/mol. The average molecular weight is 431 g/mol. The summed E-state index contributed by atoms with van der Waals surface area (Å²) in [6.07, 6.45) is -0.205. The molecule has 1 heterocycles. The molecule has 31 heavy (non-hydrogen) atoms. The van der Waals surface area contributed by atoms with Gasteiger partial charge in [0.1, 0.15) is 11.4 Å². The summed E-state index contributed by atoms with van der Waals surface area (Å²) in [7, 11) is 0. The number of carbonyl (C=O) groups is 2. The maximum absolute atomic E-state index is 14.6. The van der Waals surface area contributed by atoms with Gasteiger partial charge in [-0.2, -0.15) is 0 Å². The van der Waals surface area contributed by atoms with Crippen LogP contribution in [0.5, 0.6) is 0 Å². The number of esters is 1. The highest BCUT2D eigenvalue weighted by molar-refractivity contribution is 5.96. The van der Waals surface area contributed by atoms with E-state index >= 15 is 0 Å². The van der Waals surface area contributed by atoms with Crippen LogP contribution < -0.4 is 0 Å². The zero-order chi connectivity index (χ0) is 22.9. The number of carbonyl (C=O) groups excluding carboxylic acids is 2. The van der Waals surface area contributed by atoms with Crippen molar-refractivity contribution in [2.75, 3.05) is 0 Å². The van der Waals surface area contributed by atoms with Crippen LogP contribution >= 0.6 is 0 Å². The van der Waals surface area contributed by atoms with E-state index in [1.54, 1.807) is 26.8 Å². The Kier molecular flexibility index (Phi) is 6.25. The van der Waals surface area contributed by atoms with Crippen LogP contribution in [0.25, 0.3) is 0 Å². The van der Waals surface area contributed by atoms with Gasteiger partial charge in [0.25, 0.3) is 0 Å².